The van der Waals surface area contributed by atoms with Crippen LogP contribution in [0.3, 0.4) is 0 Å². The van der Waals surface area contributed by atoms with Gasteiger partial charge in [0.1, 0.15) is 11.6 Å². The van der Waals surface area contributed by atoms with Crippen LogP contribution in [0, 0.1) is 11.6 Å². The molecular formula is C18H13F5N4O. The largest absolute Gasteiger partial charge is 0.416 e. The zero-order valence-electron chi connectivity index (χ0n) is 14.1. The number of nitrogens with zero attached hydrogens (tertiary/aromatic N) is 2. The number of nitrogens with two attached hydrogens (primary N) is 1. The van der Waals surface area contributed by atoms with Gasteiger partial charge in [0, 0.05) is 23.1 Å². The number of hydrogen-bond donors (Lipinski definition) is 2. The topological polar surface area (TPSA) is 72.9 Å². The van der Waals surface area contributed by atoms with Gasteiger partial charge in [-0.25, -0.2) is 14.6 Å². The lowest BCUT2D eigenvalue weighted by Gasteiger charge is -2.08. The molecule has 3 aromatic rings. The summed E-state index contributed by atoms with van der Waals surface area (Å²) in [5.74, 6) is 2.73. The van der Waals surface area contributed by atoms with Crippen molar-refractivity contribution in [2.75, 3.05) is 0 Å². The van der Waals surface area contributed by atoms with Gasteiger partial charge in [0.05, 0.1) is 23.3 Å². The van der Waals surface area contributed by atoms with Crippen molar-refractivity contribution in [1.82, 2.24) is 15.2 Å². The van der Waals surface area contributed by atoms with Crippen molar-refractivity contribution in [2.45, 2.75) is 12.7 Å². The molecule has 3 rings (SSSR count). The van der Waals surface area contributed by atoms with E-state index in [1.165, 1.54) is 22.9 Å². The third-order valence-corrected chi connectivity index (χ3v) is 3.98. The van der Waals surface area contributed by atoms with Crippen molar-refractivity contribution in [1.29, 1.82) is 0 Å². The maximum atomic E-state index is 14.0. The summed E-state index contributed by atoms with van der Waals surface area (Å²) in [5.41, 5.74) is 1.40. The van der Waals surface area contributed by atoms with Crippen molar-refractivity contribution in [2.24, 2.45) is 5.84 Å². The monoisotopic (exact) mass is 396 g/mol. The average molecular weight is 396 g/mol. The number of nitrogens with one attached hydrogen (secondary N) is 1. The fraction of sp³-hybridized carbons (Fsp3) is 0.111. The second-order valence-corrected chi connectivity index (χ2v) is 5.85. The molecule has 0 fully saturated rings. The molecule has 3 N–H and O–H groups in total. The lowest BCUT2D eigenvalue weighted by atomic mass is 10.1. The Balaban J connectivity index is 2.12. The average Bonchev–Trinajstić information content (AvgIpc) is 2.98. The number of aromatic nitrogens is 2. The Morgan fingerprint density at radius 2 is 1.93 bits per heavy atom. The summed E-state index contributed by atoms with van der Waals surface area (Å²) in [7, 11) is 0. The first kappa shape index (κ1) is 19.5. The molecule has 1 aromatic heterocycles. The molecule has 0 bridgehead atoms. The van der Waals surface area contributed by atoms with Crippen molar-refractivity contribution < 1.29 is 26.7 Å². The smallest absolute Gasteiger partial charge is 0.291 e. The zero-order chi connectivity index (χ0) is 20.5. The van der Waals surface area contributed by atoms with Crippen molar-refractivity contribution in [3.05, 3.63) is 70.9 Å². The standard InChI is InChI=1S/C18H13F5N4O/c19-12-3-1-10(14(20)8-12)9-27-16-5-2-11(18(21,22)23)7-13(16)15(26-27)4-6-17(28)25-24/h1-8H,9,24H2,(H,25,28). The fourth-order valence-corrected chi connectivity index (χ4v) is 2.64. The van der Waals surface area contributed by atoms with Gasteiger partial charge in [-0.2, -0.15) is 18.3 Å². The van der Waals surface area contributed by atoms with Crippen LogP contribution >= 0.6 is 0 Å². The number of halogens is 5. The highest BCUT2D eigenvalue weighted by atomic mass is 19.4. The van der Waals surface area contributed by atoms with Crippen LogP contribution in [0.1, 0.15) is 16.8 Å². The number of rotatable bonds is 4. The van der Waals surface area contributed by atoms with E-state index in [9.17, 15) is 26.7 Å². The molecule has 2 aromatic carbocycles. The molecule has 1 heterocycles. The van der Waals surface area contributed by atoms with E-state index in [1.807, 2.05) is 5.43 Å². The Hall–Kier alpha value is -3.27. The fourth-order valence-electron chi connectivity index (χ4n) is 2.64. The first-order chi connectivity index (χ1) is 13.2. The van der Waals surface area contributed by atoms with Crippen LogP contribution in [0.15, 0.2) is 42.5 Å². The van der Waals surface area contributed by atoms with Gasteiger partial charge in [0.2, 0.25) is 0 Å². The van der Waals surface area contributed by atoms with Crippen LogP contribution in [-0.4, -0.2) is 15.7 Å². The Kier molecular flexibility index (Phi) is 5.14. The van der Waals surface area contributed by atoms with Crippen molar-refractivity contribution >= 4 is 22.9 Å². The second-order valence-electron chi connectivity index (χ2n) is 5.85. The number of hydrazine groups is 1. The van der Waals surface area contributed by atoms with E-state index >= 15 is 0 Å². The highest BCUT2D eigenvalue weighted by Crippen LogP contribution is 2.33. The van der Waals surface area contributed by atoms with Crippen LogP contribution in [-0.2, 0) is 17.5 Å². The van der Waals surface area contributed by atoms with E-state index in [0.29, 0.717) is 6.07 Å². The Morgan fingerprint density at radius 3 is 2.57 bits per heavy atom. The molecule has 146 valence electrons. The molecule has 0 saturated heterocycles. The highest BCUT2D eigenvalue weighted by Gasteiger charge is 2.31. The molecule has 28 heavy (non-hydrogen) atoms. The first-order valence-electron chi connectivity index (χ1n) is 7.89. The van der Waals surface area contributed by atoms with Gasteiger partial charge in [-0.3, -0.25) is 14.9 Å². The van der Waals surface area contributed by atoms with Crippen molar-refractivity contribution in [3.63, 3.8) is 0 Å². The third-order valence-electron chi connectivity index (χ3n) is 3.98. The van der Waals surface area contributed by atoms with Crippen LogP contribution in [0.2, 0.25) is 0 Å². The van der Waals surface area contributed by atoms with Gasteiger partial charge in [-0.15, -0.1) is 0 Å². The molecule has 0 aliphatic heterocycles. The van der Waals surface area contributed by atoms with Gasteiger partial charge in [0.25, 0.3) is 5.91 Å². The van der Waals surface area contributed by atoms with E-state index in [-0.39, 0.29) is 28.7 Å². The third kappa shape index (κ3) is 4.01. The predicted octanol–water partition coefficient (Wildman–Crippen LogP) is 3.38. The molecular weight excluding hydrogens is 383 g/mol. The summed E-state index contributed by atoms with van der Waals surface area (Å²) in [6, 6.07) is 5.96. The summed E-state index contributed by atoms with van der Waals surface area (Å²) >= 11 is 0. The minimum atomic E-state index is -4.57. The number of carbonyl (C=O) groups is 1. The van der Waals surface area contributed by atoms with E-state index in [0.717, 1.165) is 24.3 Å². The summed E-state index contributed by atoms with van der Waals surface area (Å²) in [6.07, 6.45) is -2.37. The molecule has 1 amide bonds. The van der Waals surface area contributed by atoms with Crippen LogP contribution in [0.25, 0.3) is 17.0 Å². The molecule has 0 spiro atoms. The highest BCUT2D eigenvalue weighted by molar-refractivity contribution is 5.95. The van der Waals surface area contributed by atoms with E-state index in [1.54, 1.807) is 0 Å². The molecule has 5 nitrogen and oxygen atoms in total. The number of hydrogen-bond acceptors (Lipinski definition) is 3. The van der Waals surface area contributed by atoms with Gasteiger partial charge in [-0.05, 0) is 30.3 Å². The Morgan fingerprint density at radius 1 is 1.18 bits per heavy atom. The molecule has 0 unspecified atom stereocenters. The van der Waals surface area contributed by atoms with Crippen LogP contribution in [0.4, 0.5) is 22.0 Å². The lowest BCUT2D eigenvalue weighted by molar-refractivity contribution is -0.137. The summed E-state index contributed by atoms with van der Waals surface area (Å²) < 4.78 is 67.5. The Bertz CT molecular complexity index is 1070. The minimum absolute atomic E-state index is 0.0622. The summed E-state index contributed by atoms with van der Waals surface area (Å²) in [5, 5.41) is 4.27. The van der Waals surface area contributed by atoms with Gasteiger partial charge in [0.15, 0.2) is 0 Å². The summed E-state index contributed by atoms with van der Waals surface area (Å²) in [6.45, 7) is -0.148. The number of fused-ring (bicyclic) bond motifs is 1. The predicted molar refractivity (Wildman–Crippen MR) is 91.6 cm³/mol. The molecule has 0 radical (unpaired) electrons. The number of benzene rings is 2. The zero-order valence-corrected chi connectivity index (χ0v) is 14.1. The van der Waals surface area contributed by atoms with Gasteiger partial charge in [-0.1, -0.05) is 6.07 Å². The SMILES string of the molecule is NNC(=O)C=Cc1nn(Cc2ccc(F)cc2F)c2ccc(C(F)(F)F)cc12. The second kappa shape index (κ2) is 7.39. The van der Waals surface area contributed by atoms with E-state index < -0.39 is 29.3 Å². The normalized spacial score (nSPS) is 12.1. The van der Waals surface area contributed by atoms with Crippen LogP contribution < -0.4 is 11.3 Å². The molecule has 0 atom stereocenters. The van der Waals surface area contributed by atoms with E-state index in [4.69, 9.17) is 5.84 Å². The number of amides is 1. The Labute approximate surface area is 155 Å². The van der Waals surface area contributed by atoms with E-state index in [2.05, 4.69) is 5.10 Å². The first-order valence-corrected chi connectivity index (χ1v) is 7.89. The van der Waals surface area contributed by atoms with Gasteiger partial charge >= 0.3 is 6.18 Å². The number of carbonyl (C=O) groups excluding carboxylic acids is 1. The minimum Gasteiger partial charge on any atom is -0.291 e. The maximum Gasteiger partial charge on any atom is 0.416 e. The maximum absolute atomic E-state index is 14.0. The number of alkyl halides is 3. The van der Waals surface area contributed by atoms with Gasteiger partial charge < -0.3 is 0 Å². The summed E-state index contributed by atoms with van der Waals surface area (Å²) in [4.78, 5) is 11.3. The quantitative estimate of drug-likeness (QED) is 0.234. The molecule has 0 aliphatic carbocycles. The van der Waals surface area contributed by atoms with Crippen LogP contribution in [0.5, 0.6) is 0 Å². The molecule has 0 aliphatic rings. The lowest BCUT2D eigenvalue weighted by Crippen LogP contribution is -2.27. The molecule has 0 saturated carbocycles. The van der Waals surface area contributed by atoms with Crippen molar-refractivity contribution in [3.8, 4) is 0 Å². The molecule has 10 heteroatoms.